The summed E-state index contributed by atoms with van der Waals surface area (Å²) in [6.45, 7) is 0. The molecule has 4 aliphatic carbocycles. The van der Waals surface area contributed by atoms with Gasteiger partial charge in [0.1, 0.15) is 0 Å². The number of benzene rings is 24. The minimum absolute atomic E-state index is 0.541. The van der Waals surface area contributed by atoms with Crippen LogP contribution in [0.4, 0.5) is 68.2 Å². The van der Waals surface area contributed by atoms with Crippen LogP contribution in [0.15, 0.2) is 582 Å². The fourth-order valence-corrected chi connectivity index (χ4v) is 25.4. The third-order valence-electron chi connectivity index (χ3n) is 31.1. The second-order valence-electron chi connectivity index (χ2n) is 38.2. The topological polar surface area (TPSA) is 13.0 Å². The first-order chi connectivity index (χ1) is 71.5. The first kappa shape index (κ1) is 84.8. The molecule has 28 rings (SSSR count). The van der Waals surface area contributed by atoms with Crippen molar-refractivity contribution in [3.05, 3.63) is 671 Å². The molecule has 4 heteroatoms. The molecule has 0 N–H and O–H groups in total. The number of hydrogen-bond acceptors (Lipinski definition) is 4. The van der Waals surface area contributed by atoms with E-state index in [0.717, 1.165) is 68.2 Å². The maximum Gasteiger partial charge on any atom is 0.0720 e. The summed E-state index contributed by atoms with van der Waals surface area (Å²) in [5.74, 6) is 0. The number of anilines is 12. The van der Waals surface area contributed by atoms with Crippen LogP contribution in [0.25, 0.3) is 65.3 Å². The van der Waals surface area contributed by atoms with Crippen molar-refractivity contribution in [2.75, 3.05) is 19.6 Å². The van der Waals surface area contributed by atoms with E-state index in [1.807, 2.05) is 0 Å². The summed E-state index contributed by atoms with van der Waals surface area (Å²) >= 11 is 0. The fourth-order valence-electron chi connectivity index (χ4n) is 25.4. The molecule has 0 saturated heterocycles. The smallest absolute Gasteiger partial charge is 0.0720 e. The highest BCUT2D eigenvalue weighted by Crippen LogP contribution is 2.69. The summed E-state index contributed by atoms with van der Waals surface area (Å²) in [5.41, 5.74) is 36.2. The van der Waals surface area contributed by atoms with Crippen LogP contribution >= 0.6 is 0 Å². The van der Waals surface area contributed by atoms with Gasteiger partial charge in [0.15, 0.2) is 0 Å². The summed E-state index contributed by atoms with van der Waals surface area (Å²) in [6.07, 6.45) is 0. The first-order valence-corrected chi connectivity index (χ1v) is 50.0. The zero-order valence-electron chi connectivity index (χ0n) is 79.2. The van der Waals surface area contributed by atoms with Gasteiger partial charge in [-0.15, -0.1) is 0 Å². The van der Waals surface area contributed by atoms with E-state index in [-0.39, 0.29) is 0 Å². The Balaban J connectivity index is 0.000000143. The van der Waals surface area contributed by atoms with Crippen molar-refractivity contribution in [2.45, 2.75) is 21.7 Å². The molecule has 24 aromatic carbocycles. The van der Waals surface area contributed by atoms with Crippen LogP contribution in [0.3, 0.4) is 0 Å². The van der Waals surface area contributed by atoms with Gasteiger partial charge in [-0.1, -0.05) is 461 Å². The van der Waals surface area contributed by atoms with Gasteiger partial charge in [-0.25, -0.2) is 0 Å². The lowest BCUT2D eigenvalue weighted by molar-refractivity contribution is 0.627. The molecule has 0 heterocycles. The molecule has 4 aliphatic rings. The second-order valence-corrected chi connectivity index (χ2v) is 38.2. The molecular formula is C140H96N4. The van der Waals surface area contributed by atoms with Gasteiger partial charge in [0, 0.05) is 67.0 Å². The van der Waals surface area contributed by atoms with E-state index in [1.54, 1.807) is 0 Å². The summed E-state index contributed by atoms with van der Waals surface area (Å²) in [6, 6.07) is 216. The van der Waals surface area contributed by atoms with E-state index in [9.17, 15) is 0 Å². The Labute approximate surface area is 840 Å². The van der Waals surface area contributed by atoms with Crippen molar-refractivity contribution >= 4 is 111 Å². The Morgan fingerprint density at radius 3 is 0.646 bits per heavy atom. The van der Waals surface area contributed by atoms with Gasteiger partial charge in [-0.2, -0.15) is 0 Å². The van der Waals surface area contributed by atoms with E-state index < -0.39 is 21.7 Å². The summed E-state index contributed by atoms with van der Waals surface area (Å²) in [5, 5.41) is 9.62. The summed E-state index contributed by atoms with van der Waals surface area (Å²) < 4.78 is 0. The van der Waals surface area contributed by atoms with Crippen LogP contribution in [0.5, 0.6) is 0 Å². The zero-order valence-corrected chi connectivity index (χ0v) is 79.2. The summed E-state index contributed by atoms with van der Waals surface area (Å²) in [7, 11) is 0. The van der Waals surface area contributed by atoms with E-state index in [1.165, 1.54) is 154 Å². The van der Waals surface area contributed by atoms with Gasteiger partial charge in [0.05, 0.1) is 44.4 Å². The predicted molar refractivity (Wildman–Crippen MR) is 600 cm³/mol. The average molecular weight is 1830 g/mol. The van der Waals surface area contributed by atoms with Crippen LogP contribution in [0.1, 0.15) is 89.0 Å². The van der Waals surface area contributed by atoms with Crippen LogP contribution in [-0.4, -0.2) is 0 Å². The van der Waals surface area contributed by atoms with Crippen molar-refractivity contribution in [1.29, 1.82) is 0 Å². The van der Waals surface area contributed by atoms with Gasteiger partial charge in [-0.05, 0) is 254 Å². The number of hydrogen-bond donors (Lipinski definition) is 0. The molecular weight excluding hydrogens is 1740 g/mol. The highest BCUT2D eigenvalue weighted by molar-refractivity contribution is 6.05. The molecule has 0 bridgehead atoms. The Bertz CT molecular complexity index is 8680. The SMILES string of the molecule is c1ccc(N(c2ccc(C3(c4ccc(N(c5ccccc5)c5cccc6ccccc56)cc4)c4ccccc4C4(c5ccccc5)c5ccccc5-c5cccc3c54)cc2)c2cccc3ccccc23)cc1.c1ccc(N(c2cccc(C3(c4cccc(N(c5ccccc5)c5cccc6ccccc56)c4)c4ccccc4C4(c5ccccc5)c5ccccc5-c5cccc3c54)c2)c2cccc3ccccc23)cc1. The Morgan fingerprint density at radius 1 is 0.118 bits per heavy atom. The Kier molecular flexibility index (Phi) is 20.5. The highest BCUT2D eigenvalue weighted by Gasteiger charge is 2.60. The molecule has 0 fully saturated rings. The monoisotopic (exact) mass is 1830 g/mol. The number of nitrogens with zero attached hydrogens (tertiary/aromatic N) is 4. The van der Waals surface area contributed by atoms with Gasteiger partial charge < -0.3 is 19.6 Å². The maximum absolute atomic E-state index is 2.48. The van der Waals surface area contributed by atoms with E-state index >= 15 is 0 Å². The lowest BCUT2D eigenvalue weighted by Crippen LogP contribution is -2.44. The molecule has 676 valence electrons. The molecule has 4 nitrogen and oxygen atoms in total. The molecule has 24 aromatic rings. The zero-order chi connectivity index (χ0) is 95.3. The minimum Gasteiger partial charge on any atom is -0.310 e. The van der Waals surface area contributed by atoms with Crippen molar-refractivity contribution in [3.63, 3.8) is 0 Å². The quantitative estimate of drug-likeness (QED) is 0.0849. The van der Waals surface area contributed by atoms with Crippen LogP contribution in [0.2, 0.25) is 0 Å². The molecule has 0 aliphatic heterocycles. The first-order valence-electron chi connectivity index (χ1n) is 50.0. The molecule has 144 heavy (non-hydrogen) atoms. The summed E-state index contributed by atoms with van der Waals surface area (Å²) in [4.78, 5) is 9.71. The highest BCUT2D eigenvalue weighted by atomic mass is 15.2. The van der Waals surface area contributed by atoms with Crippen molar-refractivity contribution in [2.24, 2.45) is 0 Å². The van der Waals surface area contributed by atoms with Crippen molar-refractivity contribution in [3.8, 4) is 22.3 Å². The molecule has 0 saturated carbocycles. The Hall–Kier alpha value is -18.5. The lowest BCUT2D eigenvalue weighted by atomic mass is 9.51. The third-order valence-corrected chi connectivity index (χ3v) is 31.1. The van der Waals surface area contributed by atoms with E-state index in [4.69, 9.17) is 0 Å². The molecule has 0 amide bonds. The van der Waals surface area contributed by atoms with Crippen molar-refractivity contribution in [1.82, 2.24) is 0 Å². The van der Waals surface area contributed by atoms with Gasteiger partial charge in [0.25, 0.3) is 0 Å². The van der Waals surface area contributed by atoms with Crippen molar-refractivity contribution < 1.29 is 0 Å². The molecule has 2 atom stereocenters. The number of para-hydroxylation sites is 4. The number of fused-ring (bicyclic) bond motifs is 14. The number of rotatable bonds is 18. The van der Waals surface area contributed by atoms with Gasteiger partial charge in [0.2, 0.25) is 0 Å². The third kappa shape index (κ3) is 13.0. The van der Waals surface area contributed by atoms with Crippen LogP contribution < -0.4 is 19.6 Å². The van der Waals surface area contributed by atoms with Gasteiger partial charge in [-0.3, -0.25) is 0 Å². The van der Waals surface area contributed by atoms with Crippen LogP contribution in [0, 0.1) is 0 Å². The van der Waals surface area contributed by atoms with Crippen LogP contribution in [-0.2, 0) is 21.7 Å². The largest absolute Gasteiger partial charge is 0.310 e. The standard InChI is InChI=1S/2C70H48N2/c1-4-27-51(28-5-1)70-62-41-15-14-39-60(62)61-40-22-44-65(68(61)70)69(63-42-16-17-43-64(63)70,52-29-20-35-56(47-52)71(54-31-6-2-7-32-54)66-45-18-25-49-23-10-12-37-58(49)66)53-30-21-36-57(48-53)72(55-33-8-3-9-34-55)67-46-19-26-50-24-11-13-38-59(50)67;1-4-25-51(26-5-1)70-62-35-15-14-33-60(62)61-34-20-38-65(68(61)70)69(63-36-16-17-37-64(63)70,52-41-45-56(46-42-52)71(54-27-6-2-7-28-54)66-39-18-23-49-21-10-12-31-58(49)66)53-43-47-57(48-44-53)72(55-29-8-3-9-30-55)67-40-19-24-50-22-11-13-32-59(50)67/h2*1-48H. The normalized spacial score (nSPS) is 14.8. The fraction of sp³-hybridized carbons (Fsp3) is 0.0286. The maximum atomic E-state index is 2.48. The molecule has 0 radical (unpaired) electrons. The molecule has 0 spiro atoms. The van der Waals surface area contributed by atoms with E-state index in [0.29, 0.717) is 0 Å². The van der Waals surface area contributed by atoms with E-state index in [2.05, 4.69) is 602 Å². The predicted octanol–water partition coefficient (Wildman–Crippen LogP) is 36.0. The lowest BCUT2D eigenvalue weighted by Gasteiger charge is -2.50. The Morgan fingerprint density at radius 2 is 0.319 bits per heavy atom. The van der Waals surface area contributed by atoms with Gasteiger partial charge >= 0.3 is 0 Å². The second kappa shape index (κ2) is 34.8. The molecule has 2 unspecified atom stereocenters. The molecule has 0 aromatic heterocycles. The average Bonchev–Trinajstić information content (AvgIpc) is 1.35. The minimum atomic E-state index is -0.809.